The van der Waals surface area contributed by atoms with Gasteiger partial charge in [0.05, 0.1) is 0 Å². The molecule has 0 atom stereocenters. The summed E-state index contributed by atoms with van der Waals surface area (Å²) in [4.78, 5) is 20.9. The molecule has 0 aliphatic rings. The second-order valence-electron chi connectivity index (χ2n) is 6.20. The monoisotopic (exact) mass is 438 g/mol. The molecule has 4 rings (SSSR count). The number of fused-ring (bicyclic) bond motifs is 1. The molecule has 0 spiro atoms. The van der Waals surface area contributed by atoms with Crippen LogP contribution >= 0.6 is 23.4 Å². The lowest BCUT2D eigenvalue weighted by molar-refractivity contribution is 0.102. The molecule has 154 valence electrons. The Morgan fingerprint density at radius 1 is 1.17 bits per heavy atom. The maximum atomic E-state index is 12.8. The van der Waals surface area contributed by atoms with Crippen LogP contribution in [0.5, 0.6) is 0 Å². The smallest absolute Gasteiger partial charge is 0.272 e. The number of para-hydroxylation sites is 1. The van der Waals surface area contributed by atoms with Crippen molar-refractivity contribution < 1.29 is 4.79 Å². The van der Waals surface area contributed by atoms with Gasteiger partial charge in [-0.15, -0.1) is 11.8 Å². The van der Waals surface area contributed by atoms with Crippen molar-refractivity contribution in [1.82, 2.24) is 9.97 Å². The number of nitrogens with one attached hydrogen (secondary N) is 2. The third kappa shape index (κ3) is 4.96. The van der Waals surface area contributed by atoms with Crippen molar-refractivity contribution in [2.24, 2.45) is 0 Å². The van der Waals surface area contributed by atoms with Gasteiger partial charge in [-0.25, -0.2) is 0 Å². The number of nitrogens with zero attached hydrogens (tertiary/aromatic N) is 1. The van der Waals surface area contributed by atoms with Gasteiger partial charge in [-0.05, 0) is 35.9 Å². The van der Waals surface area contributed by atoms with E-state index in [2.05, 4.69) is 15.3 Å². The number of anilines is 2. The van der Waals surface area contributed by atoms with Crippen LogP contribution in [0.1, 0.15) is 29.9 Å². The first-order valence-corrected chi connectivity index (χ1v) is 11.0. The summed E-state index contributed by atoms with van der Waals surface area (Å²) in [6.45, 7) is 4.00. The zero-order valence-electron chi connectivity index (χ0n) is 16.8. The second-order valence-corrected chi connectivity index (χ2v) is 7.62. The Labute approximate surface area is 185 Å². The topological polar surface area (TPSA) is 83.8 Å². The molecule has 0 aliphatic carbocycles. The number of aromatic nitrogens is 2. The Morgan fingerprint density at radius 2 is 1.97 bits per heavy atom. The van der Waals surface area contributed by atoms with E-state index in [0.29, 0.717) is 22.2 Å². The van der Waals surface area contributed by atoms with Gasteiger partial charge in [0.1, 0.15) is 5.69 Å². The minimum Gasteiger partial charge on any atom is -0.398 e. The molecule has 1 amide bonds. The predicted octanol–water partition coefficient (Wildman–Crippen LogP) is 6.37. The highest BCUT2D eigenvalue weighted by molar-refractivity contribution is 7.98. The lowest BCUT2D eigenvalue weighted by atomic mass is 10.2. The Bertz CT molecular complexity index is 1160. The van der Waals surface area contributed by atoms with E-state index < -0.39 is 0 Å². The number of nitrogen functional groups attached to an aromatic ring is 1. The van der Waals surface area contributed by atoms with Gasteiger partial charge in [0, 0.05) is 50.3 Å². The Balaban J connectivity index is 0.00000124. The van der Waals surface area contributed by atoms with Crippen molar-refractivity contribution in [1.29, 1.82) is 0 Å². The number of carbonyl (C=O) groups is 1. The number of pyridine rings is 1. The van der Waals surface area contributed by atoms with Gasteiger partial charge in [-0.1, -0.05) is 49.7 Å². The van der Waals surface area contributed by atoms with Crippen LogP contribution in [0.2, 0.25) is 5.02 Å². The minimum absolute atomic E-state index is 0.217. The molecule has 5 nitrogen and oxygen atoms in total. The third-order valence-electron chi connectivity index (χ3n) is 4.32. The number of carbonyl (C=O) groups excluding carboxylic acids is 1. The molecule has 0 saturated heterocycles. The summed E-state index contributed by atoms with van der Waals surface area (Å²) < 4.78 is 0. The van der Waals surface area contributed by atoms with Crippen LogP contribution in [0.3, 0.4) is 0 Å². The molecule has 0 aliphatic heterocycles. The number of rotatable bonds is 5. The molecule has 4 aromatic rings. The molecule has 0 unspecified atom stereocenters. The number of nitrogens with two attached hydrogens (primary N) is 1. The van der Waals surface area contributed by atoms with E-state index in [4.69, 9.17) is 17.3 Å². The van der Waals surface area contributed by atoms with Gasteiger partial charge in [-0.2, -0.15) is 0 Å². The van der Waals surface area contributed by atoms with Crippen LogP contribution in [-0.4, -0.2) is 15.9 Å². The molecular formula is C23H23ClN4OS. The number of benzene rings is 2. The first kappa shape index (κ1) is 21.7. The SMILES string of the molecule is CC.Nc1ccncc1SCc1ccccc1NC(=O)c1cc2c(Cl)cccc2[nH]1. The van der Waals surface area contributed by atoms with E-state index in [1.807, 2.05) is 50.2 Å². The molecule has 0 saturated carbocycles. The largest absolute Gasteiger partial charge is 0.398 e. The predicted molar refractivity (Wildman–Crippen MR) is 127 cm³/mol. The number of H-pyrrole nitrogens is 1. The molecule has 0 bridgehead atoms. The highest BCUT2D eigenvalue weighted by atomic mass is 35.5. The van der Waals surface area contributed by atoms with Crippen LogP contribution in [0.4, 0.5) is 11.4 Å². The van der Waals surface area contributed by atoms with Crippen LogP contribution in [0.15, 0.2) is 71.9 Å². The van der Waals surface area contributed by atoms with Gasteiger partial charge in [0.2, 0.25) is 0 Å². The highest BCUT2D eigenvalue weighted by Crippen LogP contribution is 2.30. The third-order valence-corrected chi connectivity index (χ3v) is 5.76. The van der Waals surface area contributed by atoms with Crippen LogP contribution in [0.25, 0.3) is 10.9 Å². The number of hydrogen-bond donors (Lipinski definition) is 3. The number of thioether (sulfide) groups is 1. The fourth-order valence-electron chi connectivity index (χ4n) is 2.87. The molecule has 2 heterocycles. The van der Waals surface area contributed by atoms with Crippen molar-refractivity contribution in [2.45, 2.75) is 24.5 Å². The second kappa shape index (κ2) is 10.2. The lowest BCUT2D eigenvalue weighted by Gasteiger charge is -2.11. The van der Waals surface area contributed by atoms with Gasteiger partial charge < -0.3 is 16.0 Å². The molecule has 2 aromatic carbocycles. The van der Waals surface area contributed by atoms with Crippen LogP contribution in [0, 0.1) is 0 Å². The Kier molecular flexibility index (Phi) is 7.38. The van der Waals surface area contributed by atoms with Gasteiger partial charge in [0.15, 0.2) is 0 Å². The van der Waals surface area contributed by atoms with E-state index in [-0.39, 0.29) is 5.91 Å². The maximum Gasteiger partial charge on any atom is 0.272 e. The van der Waals surface area contributed by atoms with Crippen LogP contribution in [-0.2, 0) is 5.75 Å². The Hall–Kier alpha value is -2.96. The Morgan fingerprint density at radius 3 is 2.73 bits per heavy atom. The number of halogens is 1. The maximum absolute atomic E-state index is 12.8. The quantitative estimate of drug-likeness (QED) is 0.316. The molecule has 7 heteroatoms. The first-order chi connectivity index (χ1) is 14.6. The standard InChI is InChI=1S/C21H17ClN4OS.C2H6/c22-15-5-3-7-18-14(15)10-19(25-18)21(27)26-17-6-2-1-4-13(17)12-28-20-11-24-9-8-16(20)23;1-2/h1-11,25H,12H2,(H2,23,24)(H,26,27);1-2H3. The molecule has 0 fully saturated rings. The summed E-state index contributed by atoms with van der Waals surface area (Å²) in [5.41, 5.74) is 9.72. The number of aromatic amines is 1. The van der Waals surface area contributed by atoms with E-state index in [0.717, 1.165) is 27.0 Å². The van der Waals surface area contributed by atoms with Crippen molar-refractivity contribution in [3.8, 4) is 0 Å². The molecule has 4 N–H and O–H groups in total. The van der Waals surface area contributed by atoms with Crippen molar-refractivity contribution >= 4 is 51.5 Å². The van der Waals surface area contributed by atoms with Crippen LogP contribution < -0.4 is 11.1 Å². The average Bonchev–Trinajstić information content (AvgIpc) is 3.22. The fraction of sp³-hybridized carbons (Fsp3) is 0.130. The summed E-state index contributed by atoms with van der Waals surface area (Å²) in [5.74, 6) is 0.441. The minimum atomic E-state index is -0.217. The molecule has 0 radical (unpaired) electrons. The van der Waals surface area contributed by atoms with E-state index in [1.54, 1.807) is 42.4 Å². The molecular weight excluding hydrogens is 416 g/mol. The number of amides is 1. The van der Waals surface area contributed by atoms with E-state index in [9.17, 15) is 4.79 Å². The summed E-state index contributed by atoms with van der Waals surface area (Å²) >= 11 is 7.78. The van der Waals surface area contributed by atoms with Crippen molar-refractivity contribution in [3.05, 3.63) is 83.3 Å². The zero-order chi connectivity index (χ0) is 21.5. The highest BCUT2D eigenvalue weighted by Gasteiger charge is 2.13. The normalized spacial score (nSPS) is 10.4. The summed E-state index contributed by atoms with van der Waals surface area (Å²) in [5, 5.41) is 4.42. The van der Waals surface area contributed by atoms with Crippen molar-refractivity contribution in [3.63, 3.8) is 0 Å². The average molecular weight is 439 g/mol. The van der Waals surface area contributed by atoms with Gasteiger partial charge in [-0.3, -0.25) is 9.78 Å². The first-order valence-electron chi connectivity index (χ1n) is 9.60. The van der Waals surface area contributed by atoms with E-state index >= 15 is 0 Å². The summed E-state index contributed by atoms with van der Waals surface area (Å²) in [7, 11) is 0. The summed E-state index contributed by atoms with van der Waals surface area (Å²) in [6, 6.07) is 16.8. The lowest BCUT2D eigenvalue weighted by Crippen LogP contribution is -2.13. The van der Waals surface area contributed by atoms with E-state index in [1.165, 1.54) is 0 Å². The van der Waals surface area contributed by atoms with Crippen molar-refractivity contribution in [2.75, 3.05) is 11.1 Å². The fourth-order valence-corrected chi connectivity index (χ4v) is 4.03. The number of hydrogen-bond acceptors (Lipinski definition) is 4. The van der Waals surface area contributed by atoms with Gasteiger partial charge in [0.25, 0.3) is 5.91 Å². The molecule has 2 aromatic heterocycles. The van der Waals surface area contributed by atoms with Gasteiger partial charge >= 0.3 is 0 Å². The zero-order valence-corrected chi connectivity index (χ0v) is 18.3. The summed E-state index contributed by atoms with van der Waals surface area (Å²) in [6.07, 6.45) is 3.41. The molecule has 30 heavy (non-hydrogen) atoms.